The lowest BCUT2D eigenvalue weighted by Gasteiger charge is -2.25. The zero-order chi connectivity index (χ0) is 25.2. The number of hydrogen-bond acceptors (Lipinski definition) is 5. The SMILES string of the molecule is CCOc1ccc(/C(O)=C2\C(=O)C(=O)N(c3ccc(OCC)cc3)C2c2c[nH]c3ccccc23)cc1. The van der Waals surface area contributed by atoms with Crippen molar-refractivity contribution in [3.8, 4) is 11.5 Å². The quantitative estimate of drug-likeness (QED) is 0.203. The van der Waals surface area contributed by atoms with E-state index in [-0.39, 0.29) is 11.3 Å². The van der Waals surface area contributed by atoms with Crippen LogP contribution in [0.4, 0.5) is 5.69 Å². The van der Waals surface area contributed by atoms with Crippen molar-refractivity contribution in [2.24, 2.45) is 0 Å². The molecule has 7 heteroatoms. The fraction of sp³-hybridized carbons (Fsp3) is 0.172. The average molecular weight is 483 g/mol. The molecule has 1 aromatic heterocycles. The number of aliphatic hydroxyl groups excluding tert-OH is 1. The van der Waals surface area contributed by atoms with Gasteiger partial charge in [0, 0.05) is 33.9 Å². The number of amides is 1. The highest BCUT2D eigenvalue weighted by Gasteiger charge is 2.47. The fourth-order valence-corrected chi connectivity index (χ4v) is 4.61. The van der Waals surface area contributed by atoms with E-state index in [0.717, 1.165) is 10.9 Å². The van der Waals surface area contributed by atoms with E-state index in [4.69, 9.17) is 9.47 Å². The molecule has 182 valence electrons. The summed E-state index contributed by atoms with van der Waals surface area (Å²) in [7, 11) is 0. The van der Waals surface area contributed by atoms with Crippen LogP contribution in [0.25, 0.3) is 16.7 Å². The number of rotatable bonds is 7. The number of para-hydroxylation sites is 1. The number of anilines is 1. The summed E-state index contributed by atoms with van der Waals surface area (Å²) in [6.07, 6.45) is 1.79. The molecule has 0 radical (unpaired) electrons. The number of H-pyrrole nitrogens is 1. The minimum absolute atomic E-state index is 0.0304. The Morgan fingerprint density at radius 2 is 1.50 bits per heavy atom. The van der Waals surface area contributed by atoms with E-state index in [1.165, 1.54) is 4.90 Å². The molecule has 1 amide bonds. The number of benzene rings is 3. The van der Waals surface area contributed by atoms with Crippen LogP contribution in [0.1, 0.15) is 31.0 Å². The van der Waals surface area contributed by atoms with Crippen molar-refractivity contribution in [1.82, 2.24) is 4.98 Å². The van der Waals surface area contributed by atoms with Crippen LogP contribution < -0.4 is 14.4 Å². The second-order valence-corrected chi connectivity index (χ2v) is 8.34. The van der Waals surface area contributed by atoms with Gasteiger partial charge in [-0.3, -0.25) is 14.5 Å². The highest BCUT2D eigenvalue weighted by Crippen LogP contribution is 2.44. The highest BCUT2D eigenvalue weighted by atomic mass is 16.5. The van der Waals surface area contributed by atoms with Crippen molar-refractivity contribution in [2.75, 3.05) is 18.1 Å². The largest absolute Gasteiger partial charge is 0.507 e. The topological polar surface area (TPSA) is 91.9 Å². The summed E-state index contributed by atoms with van der Waals surface area (Å²) >= 11 is 0. The van der Waals surface area contributed by atoms with Gasteiger partial charge in [-0.05, 0) is 68.4 Å². The Kier molecular flexibility index (Phi) is 6.21. The monoisotopic (exact) mass is 482 g/mol. The molecule has 2 N–H and O–H groups in total. The van der Waals surface area contributed by atoms with E-state index in [0.29, 0.717) is 41.5 Å². The Hall–Kier alpha value is -4.52. The smallest absolute Gasteiger partial charge is 0.300 e. The first-order chi connectivity index (χ1) is 17.5. The van der Waals surface area contributed by atoms with Crippen molar-refractivity contribution >= 4 is 34.0 Å². The van der Waals surface area contributed by atoms with Crippen molar-refractivity contribution < 1.29 is 24.2 Å². The number of aromatic nitrogens is 1. The van der Waals surface area contributed by atoms with Gasteiger partial charge in [-0.1, -0.05) is 18.2 Å². The minimum Gasteiger partial charge on any atom is -0.507 e. The summed E-state index contributed by atoms with van der Waals surface area (Å²) in [6.45, 7) is 4.81. The molecule has 4 aromatic rings. The average Bonchev–Trinajstić information content (AvgIpc) is 3.43. The number of nitrogens with one attached hydrogen (secondary N) is 1. The van der Waals surface area contributed by atoms with Crippen molar-refractivity contribution in [1.29, 1.82) is 0 Å². The third-order valence-electron chi connectivity index (χ3n) is 6.22. The van der Waals surface area contributed by atoms with Gasteiger partial charge in [-0.15, -0.1) is 0 Å². The molecule has 1 atom stereocenters. The Balaban J connectivity index is 1.68. The predicted octanol–water partition coefficient (Wildman–Crippen LogP) is 5.59. The number of nitrogens with zero attached hydrogens (tertiary/aromatic N) is 1. The number of Topliss-reactive ketones (excluding diaryl/α,β-unsaturated/α-hetero) is 1. The van der Waals surface area contributed by atoms with E-state index in [1.807, 2.05) is 38.1 Å². The zero-order valence-corrected chi connectivity index (χ0v) is 20.0. The summed E-state index contributed by atoms with van der Waals surface area (Å²) < 4.78 is 11.0. The molecule has 1 fully saturated rings. The molecule has 5 rings (SSSR count). The normalized spacial score (nSPS) is 17.1. The van der Waals surface area contributed by atoms with Crippen LogP contribution in [0, 0.1) is 0 Å². The van der Waals surface area contributed by atoms with Crippen LogP contribution in [-0.4, -0.2) is 35.0 Å². The first kappa shape index (κ1) is 23.2. The number of carbonyl (C=O) groups is 2. The Morgan fingerprint density at radius 1 is 0.889 bits per heavy atom. The number of ketones is 1. The number of aromatic amines is 1. The predicted molar refractivity (Wildman–Crippen MR) is 138 cm³/mol. The van der Waals surface area contributed by atoms with Gasteiger partial charge in [-0.25, -0.2) is 0 Å². The van der Waals surface area contributed by atoms with Crippen molar-refractivity contribution in [3.63, 3.8) is 0 Å². The third-order valence-corrected chi connectivity index (χ3v) is 6.22. The molecule has 0 bridgehead atoms. The standard InChI is InChI=1S/C29H26N2O5/c1-3-35-20-13-9-18(10-14-20)27(32)25-26(23-17-30-24-8-6-5-7-22(23)24)31(29(34)28(25)33)19-11-15-21(16-12-19)36-4-2/h5-17,26,30,32H,3-4H2,1-2H3/b27-25+. The molecular formula is C29H26N2O5. The van der Waals surface area contributed by atoms with Gasteiger partial charge in [-0.2, -0.15) is 0 Å². The molecule has 0 saturated carbocycles. The molecule has 3 aromatic carbocycles. The molecule has 7 nitrogen and oxygen atoms in total. The lowest BCUT2D eigenvalue weighted by molar-refractivity contribution is -0.132. The summed E-state index contributed by atoms with van der Waals surface area (Å²) in [6, 6.07) is 20.6. The molecule has 1 saturated heterocycles. The van der Waals surface area contributed by atoms with Crippen LogP contribution in [-0.2, 0) is 9.59 Å². The van der Waals surface area contributed by atoms with Crippen LogP contribution in [0.5, 0.6) is 11.5 Å². The van der Waals surface area contributed by atoms with Gasteiger partial charge in [0.15, 0.2) is 0 Å². The molecule has 36 heavy (non-hydrogen) atoms. The van der Waals surface area contributed by atoms with Crippen molar-refractivity contribution in [2.45, 2.75) is 19.9 Å². The lowest BCUT2D eigenvalue weighted by atomic mass is 9.94. The van der Waals surface area contributed by atoms with E-state index in [9.17, 15) is 14.7 Å². The van der Waals surface area contributed by atoms with Gasteiger partial charge >= 0.3 is 0 Å². The first-order valence-corrected chi connectivity index (χ1v) is 11.9. The second kappa shape index (κ2) is 9.62. The Morgan fingerprint density at radius 3 is 2.14 bits per heavy atom. The fourth-order valence-electron chi connectivity index (χ4n) is 4.61. The molecule has 0 aliphatic carbocycles. The maximum absolute atomic E-state index is 13.4. The summed E-state index contributed by atoms with van der Waals surface area (Å²) in [5, 5.41) is 12.2. The number of hydrogen-bond donors (Lipinski definition) is 2. The van der Waals surface area contributed by atoms with Crippen LogP contribution in [0.2, 0.25) is 0 Å². The van der Waals surface area contributed by atoms with E-state index in [1.54, 1.807) is 54.7 Å². The van der Waals surface area contributed by atoms with Crippen LogP contribution >= 0.6 is 0 Å². The first-order valence-electron chi connectivity index (χ1n) is 11.9. The van der Waals surface area contributed by atoms with E-state index < -0.39 is 17.7 Å². The van der Waals surface area contributed by atoms with E-state index in [2.05, 4.69) is 4.98 Å². The van der Waals surface area contributed by atoms with Crippen LogP contribution in [0.3, 0.4) is 0 Å². The van der Waals surface area contributed by atoms with Gasteiger partial charge in [0.1, 0.15) is 17.3 Å². The Labute approximate surface area is 208 Å². The molecule has 1 aliphatic heterocycles. The second-order valence-electron chi connectivity index (χ2n) is 8.34. The highest BCUT2D eigenvalue weighted by molar-refractivity contribution is 6.51. The molecule has 0 spiro atoms. The number of ether oxygens (including phenoxy) is 2. The van der Waals surface area contributed by atoms with Gasteiger partial charge in [0.05, 0.1) is 24.8 Å². The zero-order valence-electron chi connectivity index (χ0n) is 20.0. The molecule has 1 unspecified atom stereocenters. The third kappa shape index (κ3) is 3.98. The maximum atomic E-state index is 13.4. The molecule has 1 aliphatic rings. The molecule has 2 heterocycles. The molecular weight excluding hydrogens is 456 g/mol. The van der Waals surface area contributed by atoms with Gasteiger partial charge in [0.2, 0.25) is 0 Å². The number of aliphatic hydroxyl groups is 1. The van der Waals surface area contributed by atoms with Gasteiger partial charge < -0.3 is 19.6 Å². The number of carbonyl (C=O) groups excluding carboxylic acids is 2. The summed E-state index contributed by atoms with van der Waals surface area (Å²) in [4.78, 5) is 31.5. The maximum Gasteiger partial charge on any atom is 0.300 e. The van der Waals surface area contributed by atoms with Crippen LogP contribution in [0.15, 0.2) is 84.6 Å². The van der Waals surface area contributed by atoms with Crippen molar-refractivity contribution in [3.05, 3.63) is 95.7 Å². The minimum atomic E-state index is -0.828. The number of fused-ring (bicyclic) bond motifs is 1. The van der Waals surface area contributed by atoms with E-state index >= 15 is 0 Å². The van der Waals surface area contributed by atoms with Gasteiger partial charge in [0.25, 0.3) is 11.7 Å². The summed E-state index contributed by atoms with van der Waals surface area (Å²) in [5.74, 6) is -0.375. The summed E-state index contributed by atoms with van der Waals surface area (Å²) in [5.41, 5.74) is 2.56. The lowest BCUT2D eigenvalue weighted by Crippen LogP contribution is -2.29. The Bertz CT molecular complexity index is 1450.